The summed E-state index contributed by atoms with van der Waals surface area (Å²) in [6.45, 7) is 1.56. The molecule has 0 amide bonds. The van der Waals surface area contributed by atoms with Gasteiger partial charge in [-0.05, 0) is 23.8 Å². The predicted octanol–water partition coefficient (Wildman–Crippen LogP) is 3.79. The van der Waals surface area contributed by atoms with Gasteiger partial charge in [0.1, 0.15) is 11.8 Å². The maximum Gasteiger partial charge on any atom is 0.163 e. The topological polar surface area (TPSA) is 30.2 Å². The molecule has 0 unspecified atom stereocenters. The van der Waals surface area contributed by atoms with Crippen LogP contribution in [0.1, 0.15) is 17.3 Å². The standard InChI is InChI=1S/C14H10O2/c1-9(15)12-8-16-13-7-6-10-4-2-3-5-11(10)14(12)13/h2-8H,1H3. The van der Waals surface area contributed by atoms with Crippen LogP contribution in [0.4, 0.5) is 0 Å². The minimum atomic E-state index is 0.0371. The summed E-state index contributed by atoms with van der Waals surface area (Å²) in [5.41, 5.74) is 1.43. The van der Waals surface area contributed by atoms with Crippen LogP contribution in [0.15, 0.2) is 47.1 Å². The zero-order valence-electron chi connectivity index (χ0n) is 8.86. The predicted molar refractivity (Wildman–Crippen MR) is 63.7 cm³/mol. The van der Waals surface area contributed by atoms with E-state index in [1.807, 2.05) is 36.4 Å². The normalized spacial score (nSPS) is 11.1. The number of rotatable bonds is 1. The molecule has 2 heteroatoms. The van der Waals surface area contributed by atoms with Crippen molar-refractivity contribution in [1.82, 2.24) is 0 Å². The van der Waals surface area contributed by atoms with Gasteiger partial charge >= 0.3 is 0 Å². The largest absolute Gasteiger partial charge is 0.464 e. The molecular weight excluding hydrogens is 200 g/mol. The highest BCUT2D eigenvalue weighted by molar-refractivity contribution is 6.16. The van der Waals surface area contributed by atoms with Gasteiger partial charge in [-0.15, -0.1) is 0 Å². The first-order chi connectivity index (χ1) is 7.77. The number of hydrogen-bond acceptors (Lipinski definition) is 2. The average molecular weight is 210 g/mol. The molecule has 0 spiro atoms. The van der Waals surface area contributed by atoms with Gasteiger partial charge in [0.25, 0.3) is 0 Å². The average Bonchev–Trinajstić information content (AvgIpc) is 2.73. The fraction of sp³-hybridized carbons (Fsp3) is 0.0714. The van der Waals surface area contributed by atoms with Crippen molar-refractivity contribution in [2.75, 3.05) is 0 Å². The van der Waals surface area contributed by atoms with E-state index in [0.29, 0.717) is 5.56 Å². The number of fused-ring (bicyclic) bond motifs is 3. The van der Waals surface area contributed by atoms with Crippen molar-refractivity contribution in [3.63, 3.8) is 0 Å². The van der Waals surface area contributed by atoms with Gasteiger partial charge in [0.05, 0.1) is 5.56 Å². The molecule has 78 valence electrons. The number of benzene rings is 2. The van der Waals surface area contributed by atoms with Gasteiger partial charge in [0, 0.05) is 5.39 Å². The van der Waals surface area contributed by atoms with Crippen molar-refractivity contribution >= 4 is 27.5 Å². The Hall–Kier alpha value is -2.09. The van der Waals surface area contributed by atoms with E-state index in [2.05, 4.69) is 0 Å². The minimum absolute atomic E-state index is 0.0371. The summed E-state index contributed by atoms with van der Waals surface area (Å²) in [6, 6.07) is 11.9. The third-order valence-electron chi connectivity index (χ3n) is 2.84. The van der Waals surface area contributed by atoms with Gasteiger partial charge in [-0.3, -0.25) is 4.79 Å². The van der Waals surface area contributed by atoms with Crippen LogP contribution in [-0.2, 0) is 0 Å². The van der Waals surface area contributed by atoms with E-state index < -0.39 is 0 Å². The zero-order chi connectivity index (χ0) is 11.1. The second-order valence-corrected chi connectivity index (χ2v) is 3.87. The molecule has 0 N–H and O–H groups in total. The maximum absolute atomic E-state index is 11.5. The van der Waals surface area contributed by atoms with Crippen LogP contribution in [0.5, 0.6) is 0 Å². The molecule has 0 aliphatic carbocycles. The van der Waals surface area contributed by atoms with Crippen molar-refractivity contribution < 1.29 is 9.21 Å². The van der Waals surface area contributed by atoms with Crippen molar-refractivity contribution in [1.29, 1.82) is 0 Å². The first-order valence-electron chi connectivity index (χ1n) is 5.17. The van der Waals surface area contributed by atoms with Crippen LogP contribution in [0.25, 0.3) is 21.7 Å². The van der Waals surface area contributed by atoms with Crippen molar-refractivity contribution in [2.24, 2.45) is 0 Å². The van der Waals surface area contributed by atoms with Crippen molar-refractivity contribution in [2.45, 2.75) is 6.92 Å². The molecule has 3 aromatic rings. The number of carbonyl (C=O) groups excluding carboxylic acids is 1. The molecule has 0 fully saturated rings. The lowest BCUT2D eigenvalue weighted by atomic mass is 10.0. The maximum atomic E-state index is 11.5. The lowest BCUT2D eigenvalue weighted by Gasteiger charge is -1.99. The highest BCUT2D eigenvalue weighted by Crippen LogP contribution is 2.29. The number of carbonyl (C=O) groups is 1. The van der Waals surface area contributed by atoms with Gasteiger partial charge in [0.15, 0.2) is 5.78 Å². The van der Waals surface area contributed by atoms with Crippen molar-refractivity contribution in [3.8, 4) is 0 Å². The molecule has 0 bridgehead atoms. The summed E-state index contributed by atoms with van der Waals surface area (Å²) in [5, 5.41) is 3.11. The van der Waals surface area contributed by atoms with Crippen LogP contribution in [0.3, 0.4) is 0 Å². The number of Topliss-reactive ketones (excluding diaryl/α,β-unsaturated/α-hetero) is 1. The number of furan rings is 1. The van der Waals surface area contributed by atoms with E-state index in [1.165, 1.54) is 0 Å². The lowest BCUT2D eigenvalue weighted by Crippen LogP contribution is -1.89. The Balaban J connectivity index is 2.56. The van der Waals surface area contributed by atoms with E-state index in [0.717, 1.165) is 21.7 Å². The molecular formula is C14H10O2. The monoisotopic (exact) mass is 210 g/mol. The first kappa shape index (κ1) is 9.16. The number of ketones is 1. The molecule has 2 nitrogen and oxygen atoms in total. The Morgan fingerprint density at radius 1 is 1.12 bits per heavy atom. The SMILES string of the molecule is CC(=O)c1coc2ccc3ccccc3c12. The quantitative estimate of drug-likeness (QED) is 0.572. The van der Waals surface area contributed by atoms with Gasteiger partial charge in [0.2, 0.25) is 0 Å². The van der Waals surface area contributed by atoms with Gasteiger partial charge in [-0.2, -0.15) is 0 Å². The second-order valence-electron chi connectivity index (χ2n) is 3.87. The molecule has 0 radical (unpaired) electrons. The third kappa shape index (κ3) is 1.16. The fourth-order valence-corrected chi connectivity index (χ4v) is 2.07. The molecule has 2 aromatic carbocycles. The summed E-state index contributed by atoms with van der Waals surface area (Å²) in [6.07, 6.45) is 1.54. The highest BCUT2D eigenvalue weighted by atomic mass is 16.3. The molecule has 0 aliphatic heterocycles. The Bertz CT molecular complexity index is 692. The van der Waals surface area contributed by atoms with Gasteiger partial charge < -0.3 is 4.42 Å². The summed E-state index contributed by atoms with van der Waals surface area (Å²) >= 11 is 0. The molecule has 3 rings (SSSR count). The molecule has 0 saturated heterocycles. The van der Waals surface area contributed by atoms with Crippen LogP contribution in [-0.4, -0.2) is 5.78 Å². The summed E-state index contributed by atoms with van der Waals surface area (Å²) < 4.78 is 5.40. The van der Waals surface area contributed by atoms with Crippen LogP contribution < -0.4 is 0 Å². The van der Waals surface area contributed by atoms with Crippen LogP contribution in [0.2, 0.25) is 0 Å². The smallest absolute Gasteiger partial charge is 0.163 e. The number of hydrogen-bond donors (Lipinski definition) is 0. The lowest BCUT2D eigenvalue weighted by molar-refractivity contribution is 0.101. The second kappa shape index (κ2) is 3.20. The first-order valence-corrected chi connectivity index (χ1v) is 5.17. The minimum Gasteiger partial charge on any atom is -0.464 e. The summed E-state index contributed by atoms with van der Waals surface area (Å²) in [7, 11) is 0. The summed E-state index contributed by atoms with van der Waals surface area (Å²) in [4.78, 5) is 11.5. The Morgan fingerprint density at radius 2 is 1.94 bits per heavy atom. The van der Waals surface area contributed by atoms with E-state index in [1.54, 1.807) is 13.2 Å². The molecule has 1 heterocycles. The van der Waals surface area contributed by atoms with E-state index >= 15 is 0 Å². The molecule has 1 aromatic heterocycles. The van der Waals surface area contributed by atoms with Crippen LogP contribution in [0, 0.1) is 0 Å². The van der Waals surface area contributed by atoms with Gasteiger partial charge in [-0.25, -0.2) is 0 Å². The Labute approximate surface area is 92.5 Å². The summed E-state index contributed by atoms with van der Waals surface area (Å²) in [5.74, 6) is 0.0371. The van der Waals surface area contributed by atoms with E-state index in [-0.39, 0.29) is 5.78 Å². The molecule has 16 heavy (non-hydrogen) atoms. The van der Waals surface area contributed by atoms with E-state index in [9.17, 15) is 4.79 Å². The zero-order valence-corrected chi connectivity index (χ0v) is 8.86. The Morgan fingerprint density at radius 3 is 2.75 bits per heavy atom. The van der Waals surface area contributed by atoms with E-state index in [4.69, 9.17) is 4.42 Å². The van der Waals surface area contributed by atoms with Crippen molar-refractivity contribution in [3.05, 3.63) is 48.2 Å². The van der Waals surface area contributed by atoms with Gasteiger partial charge in [-0.1, -0.05) is 30.3 Å². The third-order valence-corrected chi connectivity index (χ3v) is 2.84. The fourth-order valence-electron chi connectivity index (χ4n) is 2.07. The molecule has 0 atom stereocenters. The molecule has 0 saturated carbocycles. The highest BCUT2D eigenvalue weighted by Gasteiger charge is 2.12. The van der Waals surface area contributed by atoms with Crippen LogP contribution >= 0.6 is 0 Å². The molecule has 0 aliphatic rings. The Kier molecular flexibility index (Phi) is 1.83.